The van der Waals surface area contributed by atoms with Crippen molar-refractivity contribution >= 4 is 28.3 Å². The Bertz CT molecular complexity index is 815. The fourth-order valence-electron chi connectivity index (χ4n) is 3.54. The summed E-state index contributed by atoms with van der Waals surface area (Å²) in [5.74, 6) is 0.567. The van der Waals surface area contributed by atoms with Crippen LogP contribution in [-0.4, -0.2) is 35.2 Å². The maximum Gasteiger partial charge on any atom is 0.309 e. The maximum absolute atomic E-state index is 12.9. The number of methoxy groups -OCH3 is 1. The number of anilines is 1. The van der Waals surface area contributed by atoms with Crippen LogP contribution >= 0.6 is 11.3 Å². The van der Waals surface area contributed by atoms with E-state index in [0.29, 0.717) is 28.9 Å². The number of benzene rings is 1. The summed E-state index contributed by atoms with van der Waals surface area (Å²) >= 11 is 1.22. The highest BCUT2D eigenvalue weighted by Gasteiger charge is 2.27. The first kappa shape index (κ1) is 21.1. The Morgan fingerprint density at radius 3 is 2.55 bits per heavy atom. The van der Waals surface area contributed by atoms with Gasteiger partial charge in [0.25, 0.3) is 5.91 Å². The van der Waals surface area contributed by atoms with E-state index in [1.807, 2.05) is 0 Å². The highest BCUT2D eigenvalue weighted by molar-refractivity contribution is 7.13. The predicted octanol–water partition coefficient (Wildman–Crippen LogP) is 4.14. The Morgan fingerprint density at radius 2 is 1.90 bits per heavy atom. The third-order valence-corrected chi connectivity index (χ3v) is 5.82. The normalized spacial score (nSPS) is 15.5. The first-order chi connectivity index (χ1) is 14.0. The Balaban J connectivity index is 1.68. The van der Waals surface area contributed by atoms with Gasteiger partial charge in [-0.25, -0.2) is 4.98 Å². The zero-order chi connectivity index (χ0) is 20.6. The van der Waals surface area contributed by atoms with Crippen molar-refractivity contribution in [2.24, 2.45) is 5.92 Å². The molecule has 7 nitrogen and oxygen atoms in total. The number of carboxylic acid groups (broad SMARTS) is 1. The third-order valence-electron chi connectivity index (χ3n) is 5.02. The summed E-state index contributed by atoms with van der Waals surface area (Å²) in [6, 6.07) is 7.16. The van der Waals surface area contributed by atoms with Crippen LogP contribution < -0.4 is 14.8 Å². The van der Waals surface area contributed by atoms with Crippen molar-refractivity contribution in [3.05, 3.63) is 35.3 Å². The second-order valence-electron chi connectivity index (χ2n) is 7.23. The van der Waals surface area contributed by atoms with E-state index in [2.05, 4.69) is 10.3 Å². The number of carbonyl (C=O) groups is 2. The lowest BCUT2D eigenvalue weighted by molar-refractivity contribution is -0.136. The summed E-state index contributed by atoms with van der Waals surface area (Å²) in [6.07, 6.45) is 5.67. The molecule has 1 amide bonds. The van der Waals surface area contributed by atoms with Crippen LogP contribution in [0.5, 0.6) is 11.5 Å². The molecule has 8 heteroatoms. The van der Waals surface area contributed by atoms with Crippen molar-refractivity contribution in [1.82, 2.24) is 4.98 Å². The lowest BCUT2D eigenvalue weighted by Gasteiger charge is -2.26. The van der Waals surface area contributed by atoms with Crippen molar-refractivity contribution in [3.8, 4) is 11.5 Å². The summed E-state index contributed by atoms with van der Waals surface area (Å²) in [7, 11) is 1.60. The molecular formula is C21H26N2O5S. The molecule has 1 unspecified atom stereocenters. The Kier molecular flexibility index (Phi) is 7.46. The van der Waals surface area contributed by atoms with Crippen LogP contribution in [-0.2, 0) is 16.0 Å². The number of amides is 1. The van der Waals surface area contributed by atoms with E-state index < -0.39 is 12.1 Å². The van der Waals surface area contributed by atoms with Gasteiger partial charge in [-0.2, -0.15) is 0 Å². The molecule has 2 aromatic rings. The standard InChI is InChI=1S/C21H26N2O5S/c1-27-16-7-9-17(10-8-16)28-18(11-14-5-3-2-4-6-14)20(26)23-21-22-15(13-29-21)12-19(24)25/h7-10,13-14,18H,2-6,11-12H2,1H3,(H,24,25)(H,22,23,26). The highest BCUT2D eigenvalue weighted by atomic mass is 32.1. The summed E-state index contributed by atoms with van der Waals surface area (Å²) in [5, 5.41) is 13.7. The molecular weight excluding hydrogens is 392 g/mol. The fraction of sp³-hybridized carbons (Fsp3) is 0.476. The van der Waals surface area contributed by atoms with Gasteiger partial charge in [0.2, 0.25) is 0 Å². The molecule has 1 aromatic carbocycles. The van der Waals surface area contributed by atoms with Crippen LogP contribution in [0.15, 0.2) is 29.6 Å². The van der Waals surface area contributed by atoms with Crippen LogP contribution in [0.3, 0.4) is 0 Å². The molecule has 1 aromatic heterocycles. The van der Waals surface area contributed by atoms with Gasteiger partial charge in [-0.15, -0.1) is 11.3 Å². The smallest absolute Gasteiger partial charge is 0.309 e. The van der Waals surface area contributed by atoms with Crippen LogP contribution in [0.4, 0.5) is 5.13 Å². The summed E-state index contributed by atoms with van der Waals surface area (Å²) in [4.78, 5) is 27.9. The molecule has 0 bridgehead atoms. The van der Waals surface area contributed by atoms with E-state index in [-0.39, 0.29) is 12.3 Å². The van der Waals surface area contributed by atoms with E-state index in [4.69, 9.17) is 14.6 Å². The quantitative estimate of drug-likeness (QED) is 0.635. The number of ether oxygens (including phenoxy) is 2. The number of carboxylic acids is 1. The second kappa shape index (κ2) is 10.2. The number of nitrogens with one attached hydrogen (secondary N) is 1. The van der Waals surface area contributed by atoms with Crippen molar-refractivity contribution in [2.75, 3.05) is 12.4 Å². The average molecular weight is 419 g/mol. The number of hydrogen-bond donors (Lipinski definition) is 2. The van der Waals surface area contributed by atoms with E-state index in [0.717, 1.165) is 18.6 Å². The lowest BCUT2D eigenvalue weighted by Crippen LogP contribution is -2.35. The molecule has 0 saturated heterocycles. The summed E-state index contributed by atoms with van der Waals surface area (Å²) < 4.78 is 11.2. The van der Waals surface area contributed by atoms with Crippen LogP contribution in [0.2, 0.25) is 0 Å². The number of aromatic nitrogens is 1. The molecule has 1 aliphatic carbocycles. The zero-order valence-corrected chi connectivity index (χ0v) is 17.2. The van der Waals surface area contributed by atoms with Gasteiger partial charge in [0.05, 0.1) is 19.2 Å². The fourth-order valence-corrected chi connectivity index (χ4v) is 4.25. The zero-order valence-electron chi connectivity index (χ0n) is 16.4. The van der Waals surface area contributed by atoms with Crippen molar-refractivity contribution in [1.29, 1.82) is 0 Å². The molecule has 1 atom stereocenters. The van der Waals surface area contributed by atoms with Gasteiger partial charge in [0, 0.05) is 5.38 Å². The molecule has 156 valence electrons. The number of carbonyl (C=O) groups excluding carboxylic acids is 1. The van der Waals surface area contributed by atoms with Crippen LogP contribution in [0, 0.1) is 5.92 Å². The van der Waals surface area contributed by atoms with Gasteiger partial charge >= 0.3 is 5.97 Å². The minimum atomic E-state index is -0.953. The number of hydrogen-bond acceptors (Lipinski definition) is 6. The number of thiazole rings is 1. The molecule has 0 spiro atoms. The largest absolute Gasteiger partial charge is 0.497 e. The molecule has 1 fully saturated rings. The monoisotopic (exact) mass is 418 g/mol. The lowest BCUT2D eigenvalue weighted by atomic mass is 9.85. The molecule has 29 heavy (non-hydrogen) atoms. The number of rotatable bonds is 9. The minimum absolute atomic E-state index is 0.166. The maximum atomic E-state index is 12.9. The van der Waals surface area contributed by atoms with Gasteiger partial charge in [-0.1, -0.05) is 32.1 Å². The Labute approximate surface area is 174 Å². The van der Waals surface area contributed by atoms with Gasteiger partial charge in [0.15, 0.2) is 11.2 Å². The van der Waals surface area contributed by atoms with Gasteiger partial charge < -0.3 is 14.6 Å². The van der Waals surface area contributed by atoms with Crippen molar-refractivity contribution in [2.45, 2.75) is 51.0 Å². The van der Waals surface area contributed by atoms with Crippen LogP contribution in [0.1, 0.15) is 44.2 Å². The third kappa shape index (κ3) is 6.45. The second-order valence-corrected chi connectivity index (χ2v) is 8.08. The number of nitrogens with zero attached hydrogens (tertiary/aromatic N) is 1. The molecule has 1 saturated carbocycles. The molecule has 2 N–H and O–H groups in total. The molecule has 0 radical (unpaired) electrons. The van der Waals surface area contributed by atoms with E-state index in [1.54, 1.807) is 36.8 Å². The summed E-state index contributed by atoms with van der Waals surface area (Å²) in [5.41, 5.74) is 0.428. The first-order valence-corrected chi connectivity index (χ1v) is 10.7. The Morgan fingerprint density at radius 1 is 1.21 bits per heavy atom. The SMILES string of the molecule is COc1ccc(OC(CC2CCCCC2)C(=O)Nc2nc(CC(=O)O)cs2)cc1. The highest BCUT2D eigenvalue weighted by Crippen LogP contribution is 2.29. The van der Waals surface area contributed by atoms with Crippen molar-refractivity contribution in [3.63, 3.8) is 0 Å². The summed E-state index contributed by atoms with van der Waals surface area (Å²) in [6.45, 7) is 0. The molecule has 3 rings (SSSR count). The number of aliphatic carboxylic acids is 1. The minimum Gasteiger partial charge on any atom is -0.497 e. The topological polar surface area (TPSA) is 97.8 Å². The van der Waals surface area contributed by atoms with Crippen LogP contribution in [0.25, 0.3) is 0 Å². The average Bonchev–Trinajstić information content (AvgIpc) is 3.14. The van der Waals surface area contributed by atoms with Gasteiger partial charge in [-0.05, 0) is 36.6 Å². The first-order valence-electron chi connectivity index (χ1n) is 9.81. The molecule has 1 aliphatic rings. The van der Waals surface area contributed by atoms with Crippen molar-refractivity contribution < 1.29 is 24.2 Å². The molecule has 0 aliphatic heterocycles. The molecule has 1 heterocycles. The predicted molar refractivity (Wildman–Crippen MR) is 111 cm³/mol. The van der Waals surface area contributed by atoms with Gasteiger partial charge in [-0.3, -0.25) is 14.9 Å². The van der Waals surface area contributed by atoms with Gasteiger partial charge in [0.1, 0.15) is 11.5 Å². The van der Waals surface area contributed by atoms with E-state index >= 15 is 0 Å². The van der Waals surface area contributed by atoms with E-state index in [1.165, 1.54) is 30.6 Å². The van der Waals surface area contributed by atoms with E-state index in [9.17, 15) is 9.59 Å². The Hall–Kier alpha value is -2.61.